The molecule has 134 valence electrons. The molecule has 0 fully saturated rings. The first-order valence-electron chi connectivity index (χ1n) is 7.43. The molecule has 0 unspecified atom stereocenters. The third-order valence-electron chi connectivity index (χ3n) is 3.05. The lowest BCUT2D eigenvalue weighted by molar-refractivity contribution is -0.384. The van der Waals surface area contributed by atoms with Crippen molar-refractivity contribution in [2.45, 2.75) is 13.8 Å². The van der Waals surface area contributed by atoms with E-state index in [1.54, 1.807) is 19.9 Å². The Bertz CT molecular complexity index is 914. The average Bonchev–Trinajstić information content (AvgIpc) is 3.07. The van der Waals surface area contributed by atoms with Crippen LogP contribution in [-0.2, 0) is 9.47 Å². The molecule has 11 heteroatoms. The van der Waals surface area contributed by atoms with Gasteiger partial charge in [0, 0.05) is 6.07 Å². The zero-order valence-corrected chi connectivity index (χ0v) is 13.8. The number of aromatic nitrogens is 3. The first-order valence-corrected chi connectivity index (χ1v) is 7.43. The molecule has 0 saturated carbocycles. The van der Waals surface area contributed by atoms with E-state index >= 15 is 0 Å². The van der Waals surface area contributed by atoms with E-state index in [9.17, 15) is 19.7 Å². The molecule has 0 bridgehead atoms. The zero-order chi connectivity index (χ0) is 19.3. The van der Waals surface area contributed by atoms with E-state index in [1.165, 1.54) is 12.1 Å². The Hall–Kier alpha value is -3.81. The number of nitriles is 1. The molecule has 11 nitrogen and oxygen atoms in total. The number of nitro groups is 1. The van der Waals surface area contributed by atoms with E-state index in [0.717, 1.165) is 10.7 Å². The number of nitrogens with zero attached hydrogens (tertiary/aromatic N) is 5. The van der Waals surface area contributed by atoms with Crippen LogP contribution in [0.3, 0.4) is 0 Å². The molecule has 0 amide bonds. The lowest BCUT2D eigenvalue weighted by Crippen LogP contribution is -2.14. The lowest BCUT2D eigenvalue weighted by Gasteiger charge is -2.06. The second-order valence-corrected chi connectivity index (χ2v) is 4.68. The molecule has 0 atom stereocenters. The minimum atomic E-state index is -0.922. The average molecular weight is 359 g/mol. The van der Waals surface area contributed by atoms with Gasteiger partial charge in [-0.1, -0.05) is 0 Å². The van der Waals surface area contributed by atoms with Gasteiger partial charge in [0.15, 0.2) is 0 Å². The van der Waals surface area contributed by atoms with Crippen LogP contribution in [-0.4, -0.2) is 44.8 Å². The number of hydrogen-bond donors (Lipinski definition) is 0. The van der Waals surface area contributed by atoms with Gasteiger partial charge in [0.05, 0.1) is 29.8 Å². The van der Waals surface area contributed by atoms with E-state index < -0.39 is 34.2 Å². The Morgan fingerprint density at radius 1 is 1.27 bits per heavy atom. The summed E-state index contributed by atoms with van der Waals surface area (Å²) >= 11 is 0. The molecule has 0 spiro atoms. The minimum Gasteiger partial charge on any atom is -0.460 e. The molecule has 1 aromatic heterocycles. The zero-order valence-electron chi connectivity index (χ0n) is 13.8. The Balaban J connectivity index is 2.68. The van der Waals surface area contributed by atoms with Crippen LogP contribution >= 0.6 is 0 Å². The highest BCUT2D eigenvalue weighted by atomic mass is 16.6. The minimum absolute atomic E-state index is 0.0237. The number of esters is 2. The van der Waals surface area contributed by atoms with Gasteiger partial charge in [-0.05, 0) is 26.0 Å². The molecule has 0 radical (unpaired) electrons. The van der Waals surface area contributed by atoms with Gasteiger partial charge in [-0.15, -0.1) is 5.10 Å². The van der Waals surface area contributed by atoms with Gasteiger partial charge in [-0.3, -0.25) is 10.1 Å². The molecule has 1 aromatic carbocycles. The van der Waals surface area contributed by atoms with E-state index in [4.69, 9.17) is 14.7 Å². The van der Waals surface area contributed by atoms with Crippen molar-refractivity contribution >= 4 is 17.6 Å². The fourth-order valence-corrected chi connectivity index (χ4v) is 2.01. The third kappa shape index (κ3) is 3.64. The van der Waals surface area contributed by atoms with Crippen molar-refractivity contribution in [3.05, 3.63) is 45.5 Å². The Kier molecular flexibility index (Phi) is 5.59. The van der Waals surface area contributed by atoms with Crippen molar-refractivity contribution in [2.24, 2.45) is 0 Å². The fourth-order valence-electron chi connectivity index (χ4n) is 2.01. The van der Waals surface area contributed by atoms with Crippen LogP contribution in [0.2, 0.25) is 0 Å². The van der Waals surface area contributed by atoms with Crippen molar-refractivity contribution < 1.29 is 24.0 Å². The second-order valence-electron chi connectivity index (χ2n) is 4.68. The van der Waals surface area contributed by atoms with Crippen LogP contribution in [0.5, 0.6) is 0 Å². The predicted molar refractivity (Wildman–Crippen MR) is 84.6 cm³/mol. The molecular formula is C15H13N5O6. The molecule has 0 saturated heterocycles. The topological polar surface area (TPSA) is 150 Å². The molecule has 1 heterocycles. The Morgan fingerprint density at radius 3 is 2.50 bits per heavy atom. The summed E-state index contributed by atoms with van der Waals surface area (Å²) in [5.41, 5.74) is -0.598. The first kappa shape index (κ1) is 18.5. The van der Waals surface area contributed by atoms with E-state index in [2.05, 4.69) is 10.1 Å². The normalized spacial score (nSPS) is 10.0. The summed E-state index contributed by atoms with van der Waals surface area (Å²) in [6.07, 6.45) is 0. The van der Waals surface area contributed by atoms with Crippen LogP contribution in [0.25, 0.3) is 5.69 Å². The van der Waals surface area contributed by atoms with Gasteiger partial charge >= 0.3 is 11.9 Å². The number of hydrogen-bond acceptors (Lipinski definition) is 9. The smallest absolute Gasteiger partial charge is 0.378 e. The molecule has 0 N–H and O–H groups in total. The van der Waals surface area contributed by atoms with Gasteiger partial charge in [0.25, 0.3) is 11.5 Å². The second kappa shape index (κ2) is 7.84. The monoisotopic (exact) mass is 359 g/mol. The predicted octanol–water partition coefficient (Wildman–Crippen LogP) is 1.40. The highest BCUT2D eigenvalue weighted by molar-refractivity contribution is 5.90. The number of ether oxygens (including phenoxy) is 2. The number of nitro benzene ring substituents is 1. The summed E-state index contributed by atoms with van der Waals surface area (Å²) in [6, 6.07) is 5.34. The first-order chi connectivity index (χ1) is 12.4. The van der Waals surface area contributed by atoms with Crippen LogP contribution in [0, 0.1) is 21.4 Å². The van der Waals surface area contributed by atoms with Crippen molar-refractivity contribution in [1.82, 2.24) is 14.8 Å². The highest BCUT2D eigenvalue weighted by Crippen LogP contribution is 2.25. The summed E-state index contributed by atoms with van der Waals surface area (Å²) in [5.74, 6) is -2.70. The molecule has 2 rings (SSSR count). The molecule has 0 aliphatic heterocycles. The van der Waals surface area contributed by atoms with Crippen LogP contribution in [0.4, 0.5) is 5.69 Å². The number of carbonyl (C=O) groups is 2. The number of carbonyl (C=O) groups excluding carboxylic acids is 2. The SMILES string of the molecule is CCOC(=O)c1nc(C(=O)OCC)n(-c2ccc(C#N)cc2[N+](=O)[O-])n1. The van der Waals surface area contributed by atoms with Crippen molar-refractivity contribution in [3.8, 4) is 11.8 Å². The summed E-state index contributed by atoms with van der Waals surface area (Å²) in [5, 5.41) is 24.1. The summed E-state index contributed by atoms with van der Waals surface area (Å²) in [6.45, 7) is 3.22. The molecular weight excluding hydrogens is 346 g/mol. The quantitative estimate of drug-likeness (QED) is 0.423. The Morgan fingerprint density at radius 2 is 1.92 bits per heavy atom. The number of rotatable bonds is 6. The van der Waals surface area contributed by atoms with Gasteiger partial charge < -0.3 is 9.47 Å². The van der Waals surface area contributed by atoms with Crippen LogP contribution in [0.15, 0.2) is 18.2 Å². The van der Waals surface area contributed by atoms with Gasteiger partial charge in [0.2, 0.25) is 5.82 Å². The maximum absolute atomic E-state index is 12.1. The van der Waals surface area contributed by atoms with Crippen molar-refractivity contribution in [1.29, 1.82) is 5.26 Å². The third-order valence-corrected chi connectivity index (χ3v) is 3.05. The maximum Gasteiger partial charge on any atom is 0.378 e. The largest absolute Gasteiger partial charge is 0.460 e. The van der Waals surface area contributed by atoms with E-state index in [-0.39, 0.29) is 24.5 Å². The maximum atomic E-state index is 12.1. The van der Waals surface area contributed by atoms with Gasteiger partial charge in [-0.25, -0.2) is 9.59 Å². The number of benzene rings is 1. The summed E-state index contributed by atoms with van der Waals surface area (Å²) in [4.78, 5) is 38.4. The molecule has 26 heavy (non-hydrogen) atoms. The standard InChI is InChI=1S/C15H13N5O6/c1-3-25-14(21)12-17-13(15(22)26-4-2)19(18-12)10-6-5-9(8-16)7-11(10)20(23)24/h5-7H,3-4H2,1-2H3. The molecule has 0 aliphatic carbocycles. The fraction of sp³-hybridized carbons (Fsp3) is 0.267. The summed E-state index contributed by atoms with van der Waals surface area (Å²) < 4.78 is 10.5. The van der Waals surface area contributed by atoms with E-state index in [1.807, 2.05) is 0 Å². The highest BCUT2D eigenvalue weighted by Gasteiger charge is 2.28. The Labute approximate surface area is 146 Å². The molecule has 0 aliphatic rings. The van der Waals surface area contributed by atoms with E-state index in [0.29, 0.717) is 0 Å². The van der Waals surface area contributed by atoms with Crippen molar-refractivity contribution in [2.75, 3.05) is 13.2 Å². The van der Waals surface area contributed by atoms with Crippen LogP contribution in [0.1, 0.15) is 40.6 Å². The van der Waals surface area contributed by atoms with Crippen molar-refractivity contribution in [3.63, 3.8) is 0 Å². The summed E-state index contributed by atoms with van der Waals surface area (Å²) in [7, 11) is 0. The lowest BCUT2D eigenvalue weighted by atomic mass is 10.2. The van der Waals surface area contributed by atoms with Gasteiger partial charge in [-0.2, -0.15) is 14.9 Å². The van der Waals surface area contributed by atoms with Crippen LogP contribution < -0.4 is 0 Å². The van der Waals surface area contributed by atoms with Gasteiger partial charge in [0.1, 0.15) is 5.69 Å². The molecule has 2 aromatic rings.